The van der Waals surface area contributed by atoms with Gasteiger partial charge in [0.25, 0.3) is 10.1 Å². The molecule has 0 radical (unpaired) electrons. The van der Waals surface area contributed by atoms with E-state index in [0.29, 0.717) is 10.5 Å². The third kappa shape index (κ3) is 4.52. The smallest absolute Gasteiger partial charge is 0.417 e. The fraction of sp³-hybridized carbons (Fsp3) is 0.286. The minimum atomic E-state index is -5.21. The molecular formula is C14H13F3N2O6S. The highest BCUT2D eigenvalue weighted by molar-refractivity contribution is 7.86. The fourth-order valence-electron chi connectivity index (χ4n) is 2.05. The van der Waals surface area contributed by atoms with Crippen LogP contribution in [0.3, 0.4) is 0 Å². The minimum Gasteiger partial charge on any atom is -0.473 e. The van der Waals surface area contributed by atoms with E-state index in [1.54, 1.807) is 5.32 Å². The summed E-state index contributed by atoms with van der Waals surface area (Å²) in [5.74, 6) is -0.0253. The van der Waals surface area contributed by atoms with Gasteiger partial charge in [0.05, 0.1) is 5.57 Å². The van der Waals surface area contributed by atoms with Crippen LogP contribution in [0, 0.1) is 0 Å². The second kappa shape index (κ2) is 6.96. The molecule has 26 heavy (non-hydrogen) atoms. The van der Waals surface area contributed by atoms with Crippen molar-refractivity contribution < 1.29 is 40.5 Å². The molecule has 1 aliphatic heterocycles. The molecule has 0 saturated carbocycles. The highest BCUT2D eigenvalue weighted by atomic mass is 32.2. The number of nitrogens with zero attached hydrogens (tertiary/aromatic N) is 1. The lowest BCUT2D eigenvalue weighted by Crippen LogP contribution is -2.54. The number of hydrogen-bond donors (Lipinski definition) is 2. The maximum Gasteiger partial charge on any atom is 0.417 e. The molecule has 1 atom stereocenters. The highest BCUT2D eigenvalue weighted by Gasteiger charge is 2.48. The Morgan fingerprint density at radius 1 is 1.31 bits per heavy atom. The van der Waals surface area contributed by atoms with E-state index in [1.165, 1.54) is 31.2 Å². The maximum atomic E-state index is 13.0. The van der Waals surface area contributed by atoms with Crippen molar-refractivity contribution in [2.75, 3.05) is 6.73 Å². The lowest BCUT2D eigenvalue weighted by molar-refractivity contribution is -0.0962. The number of alkyl halides is 3. The van der Waals surface area contributed by atoms with Gasteiger partial charge in [-0.3, -0.25) is 14.2 Å². The molecule has 1 heterocycles. The number of carbonyl (C=O) groups is 2. The van der Waals surface area contributed by atoms with Crippen LogP contribution in [-0.4, -0.2) is 48.0 Å². The molecule has 0 aromatic heterocycles. The van der Waals surface area contributed by atoms with Crippen molar-refractivity contribution in [3.05, 3.63) is 41.6 Å². The molecule has 0 aliphatic carbocycles. The third-order valence-corrected chi connectivity index (χ3v) is 4.32. The molecule has 1 aromatic carbocycles. The van der Waals surface area contributed by atoms with Gasteiger partial charge in [0.1, 0.15) is 5.75 Å². The number of benzene rings is 1. The van der Waals surface area contributed by atoms with Gasteiger partial charge in [0, 0.05) is 11.8 Å². The van der Waals surface area contributed by atoms with Gasteiger partial charge in [-0.25, -0.2) is 4.79 Å². The van der Waals surface area contributed by atoms with Gasteiger partial charge in [0.15, 0.2) is 17.9 Å². The summed E-state index contributed by atoms with van der Waals surface area (Å²) in [5.41, 5.74) is -1.28. The quantitative estimate of drug-likeness (QED) is 0.583. The largest absolute Gasteiger partial charge is 0.473 e. The molecule has 142 valence electrons. The molecule has 0 spiro atoms. The van der Waals surface area contributed by atoms with Crippen molar-refractivity contribution in [2.45, 2.75) is 18.5 Å². The van der Waals surface area contributed by atoms with E-state index in [4.69, 9.17) is 9.29 Å². The zero-order valence-electron chi connectivity index (χ0n) is 13.1. The Kier molecular flexibility index (Phi) is 5.28. The number of Topliss-reactive ketones (excluding diaryl/α,β-unsaturated/α-hetero) is 1. The zero-order valence-corrected chi connectivity index (χ0v) is 14.0. The van der Waals surface area contributed by atoms with Gasteiger partial charge >= 0.3 is 12.2 Å². The van der Waals surface area contributed by atoms with Gasteiger partial charge in [-0.2, -0.15) is 21.6 Å². The van der Waals surface area contributed by atoms with Crippen LogP contribution in [-0.2, 0) is 10.1 Å². The average Bonchev–Trinajstić information content (AvgIpc) is 2.51. The van der Waals surface area contributed by atoms with E-state index in [-0.39, 0.29) is 17.7 Å². The van der Waals surface area contributed by atoms with Crippen LogP contribution in [0.25, 0.3) is 0 Å². The summed E-state index contributed by atoms with van der Waals surface area (Å²) < 4.78 is 75.3. The molecule has 1 unspecified atom stereocenters. The maximum absolute atomic E-state index is 13.0. The standard InChI is InChI=1S/C14H13F3N2O6S/c1-8(20)9-2-4-10(5-3-9)25-7-19-6-11(14(15,16)17)12(18-13(19)21)26(22,23)24/h2-6,12H,7H2,1H3,(H,18,21)(H,22,23,24). The molecule has 12 heteroatoms. The normalized spacial score (nSPS) is 18.2. The van der Waals surface area contributed by atoms with Gasteiger partial charge in [-0.1, -0.05) is 0 Å². The number of nitrogens with one attached hydrogen (secondary N) is 1. The van der Waals surface area contributed by atoms with Gasteiger partial charge in [0.2, 0.25) is 0 Å². The molecule has 8 nitrogen and oxygen atoms in total. The van der Waals surface area contributed by atoms with Crippen LogP contribution >= 0.6 is 0 Å². The summed E-state index contributed by atoms with van der Waals surface area (Å²) >= 11 is 0. The molecule has 2 N–H and O–H groups in total. The minimum absolute atomic E-state index is 0.168. The number of urea groups is 1. The molecule has 2 rings (SSSR count). The summed E-state index contributed by atoms with van der Waals surface area (Å²) in [6.07, 6.45) is -4.86. The van der Waals surface area contributed by atoms with Crippen LogP contribution in [0.2, 0.25) is 0 Å². The third-order valence-electron chi connectivity index (χ3n) is 3.35. The monoisotopic (exact) mass is 394 g/mol. The number of rotatable bonds is 5. The summed E-state index contributed by atoms with van der Waals surface area (Å²) in [6, 6.07) is 4.42. The molecule has 1 aliphatic rings. The molecule has 0 fully saturated rings. The van der Waals surface area contributed by atoms with Crippen molar-refractivity contribution in [1.29, 1.82) is 0 Å². The molecule has 0 bridgehead atoms. The highest BCUT2D eigenvalue weighted by Crippen LogP contribution is 2.32. The van der Waals surface area contributed by atoms with Crippen molar-refractivity contribution in [3.8, 4) is 5.75 Å². The number of ether oxygens (including phenoxy) is 1. The van der Waals surface area contributed by atoms with Crippen molar-refractivity contribution >= 4 is 21.9 Å². The Labute approximate surface area is 146 Å². The summed E-state index contributed by atoms with van der Waals surface area (Å²) in [5, 5.41) is -1.06. The number of ketones is 1. The molecule has 1 aromatic rings. The first-order valence-corrected chi connectivity index (χ1v) is 8.46. The Bertz CT molecular complexity index is 848. The van der Waals surface area contributed by atoms with Gasteiger partial charge in [-0.15, -0.1) is 0 Å². The number of carbonyl (C=O) groups excluding carboxylic acids is 2. The summed E-state index contributed by atoms with van der Waals surface area (Å²) in [4.78, 5) is 23.4. The lowest BCUT2D eigenvalue weighted by Gasteiger charge is -2.31. The second-order valence-corrected chi connectivity index (χ2v) is 6.75. The van der Waals surface area contributed by atoms with Crippen molar-refractivity contribution in [2.24, 2.45) is 0 Å². The molecule has 2 amide bonds. The van der Waals surface area contributed by atoms with Crippen LogP contribution in [0.4, 0.5) is 18.0 Å². The topological polar surface area (TPSA) is 113 Å². The van der Waals surface area contributed by atoms with E-state index in [9.17, 15) is 31.2 Å². The predicted octanol–water partition coefficient (Wildman–Crippen LogP) is 1.91. The SMILES string of the molecule is CC(=O)c1ccc(OCN2C=C(C(F)(F)F)C(S(=O)(=O)O)NC2=O)cc1. The number of hydrogen-bond acceptors (Lipinski definition) is 5. The lowest BCUT2D eigenvalue weighted by atomic mass is 10.1. The van der Waals surface area contributed by atoms with E-state index >= 15 is 0 Å². The second-order valence-electron chi connectivity index (χ2n) is 5.25. The molecular weight excluding hydrogens is 381 g/mol. The number of halogens is 3. The van der Waals surface area contributed by atoms with Crippen molar-refractivity contribution in [3.63, 3.8) is 0 Å². The zero-order chi connectivity index (χ0) is 19.7. The fourth-order valence-corrected chi connectivity index (χ4v) is 2.81. The Balaban J connectivity index is 2.20. The summed E-state index contributed by atoms with van der Waals surface area (Å²) in [7, 11) is -5.21. The van der Waals surface area contributed by atoms with Crippen LogP contribution < -0.4 is 10.1 Å². The van der Waals surface area contributed by atoms with Gasteiger partial charge in [-0.05, 0) is 31.2 Å². The van der Waals surface area contributed by atoms with E-state index in [2.05, 4.69) is 0 Å². The first kappa shape index (κ1) is 19.7. The average molecular weight is 394 g/mol. The first-order chi connectivity index (χ1) is 11.9. The molecule has 0 saturated heterocycles. The van der Waals surface area contributed by atoms with E-state index in [1.807, 2.05) is 0 Å². The van der Waals surface area contributed by atoms with E-state index in [0.717, 1.165) is 0 Å². The Morgan fingerprint density at radius 2 is 1.88 bits per heavy atom. The van der Waals surface area contributed by atoms with E-state index < -0.39 is 40.0 Å². The van der Waals surface area contributed by atoms with Gasteiger partial charge < -0.3 is 10.1 Å². The number of amides is 2. The van der Waals surface area contributed by atoms with Crippen LogP contribution in [0.1, 0.15) is 17.3 Å². The van der Waals surface area contributed by atoms with Crippen LogP contribution in [0.15, 0.2) is 36.0 Å². The first-order valence-electron chi connectivity index (χ1n) is 6.96. The predicted molar refractivity (Wildman–Crippen MR) is 81.8 cm³/mol. The van der Waals surface area contributed by atoms with Crippen LogP contribution in [0.5, 0.6) is 5.75 Å². The Hall–Kier alpha value is -2.60. The van der Waals surface area contributed by atoms with Crippen molar-refractivity contribution in [1.82, 2.24) is 10.2 Å². The Morgan fingerprint density at radius 3 is 2.35 bits per heavy atom. The summed E-state index contributed by atoms with van der Waals surface area (Å²) in [6.45, 7) is 0.687.